The minimum absolute atomic E-state index is 0.116. The number of nitrogens with one attached hydrogen (secondary N) is 2. The van der Waals surface area contributed by atoms with Crippen LogP contribution in [0.15, 0.2) is 82.4 Å². The number of carbonyl (C=O) groups excluding carboxylic acids is 2. The second kappa shape index (κ2) is 10.4. The van der Waals surface area contributed by atoms with Crippen LogP contribution in [0.3, 0.4) is 0 Å². The molecule has 0 saturated heterocycles. The highest BCUT2D eigenvalue weighted by Gasteiger charge is 2.11. The van der Waals surface area contributed by atoms with Crippen LogP contribution in [0.5, 0.6) is 5.75 Å². The number of nitrogens with zero attached hydrogens (tertiary/aromatic N) is 1. The molecule has 0 aliphatic heterocycles. The minimum Gasteiger partial charge on any atom is -0.423 e. The highest BCUT2D eigenvalue weighted by Crippen LogP contribution is 2.19. The monoisotopic (exact) mass is 465 g/mol. The topological polar surface area (TPSA) is 79.8 Å². The van der Waals surface area contributed by atoms with Crippen molar-refractivity contribution in [2.24, 2.45) is 5.10 Å². The molecule has 0 heterocycles. The summed E-state index contributed by atoms with van der Waals surface area (Å²) in [7, 11) is 0. The number of aryl methyl sites for hydroxylation is 1. The van der Waals surface area contributed by atoms with E-state index in [-0.39, 0.29) is 12.5 Å². The van der Waals surface area contributed by atoms with Gasteiger partial charge in [-0.3, -0.25) is 4.79 Å². The van der Waals surface area contributed by atoms with Gasteiger partial charge in [0, 0.05) is 10.2 Å². The fraction of sp³-hybridized carbons (Fsp3) is 0.0870. The Morgan fingerprint density at radius 1 is 1.03 bits per heavy atom. The molecule has 3 aromatic rings. The second-order valence-corrected chi connectivity index (χ2v) is 7.31. The number of esters is 1. The number of hydrogen-bond donors (Lipinski definition) is 2. The summed E-state index contributed by atoms with van der Waals surface area (Å²) in [6.45, 7) is 2.10. The number of amides is 1. The van der Waals surface area contributed by atoms with E-state index < -0.39 is 5.97 Å². The summed E-state index contributed by atoms with van der Waals surface area (Å²) in [5.74, 6) is -0.289. The molecule has 7 heteroatoms. The third kappa shape index (κ3) is 6.28. The first-order valence-corrected chi connectivity index (χ1v) is 10.00. The van der Waals surface area contributed by atoms with Crippen LogP contribution in [-0.2, 0) is 4.79 Å². The maximum Gasteiger partial charge on any atom is 0.344 e. The SMILES string of the molecule is Cc1cccc(NCC(=O)NN=Cc2ccc(OC(=O)c3ccccc3Br)cc2)c1. The number of carbonyl (C=O) groups is 2. The van der Waals surface area contributed by atoms with Crippen molar-refractivity contribution in [3.05, 3.63) is 94.0 Å². The van der Waals surface area contributed by atoms with Crippen LogP contribution in [0, 0.1) is 6.92 Å². The van der Waals surface area contributed by atoms with Crippen LogP contribution in [0.4, 0.5) is 5.69 Å². The maximum atomic E-state index is 12.2. The smallest absolute Gasteiger partial charge is 0.344 e. The first-order chi connectivity index (χ1) is 14.5. The summed E-state index contributed by atoms with van der Waals surface area (Å²) in [4.78, 5) is 24.1. The van der Waals surface area contributed by atoms with Crippen LogP contribution < -0.4 is 15.5 Å². The Hall–Kier alpha value is -3.45. The van der Waals surface area contributed by atoms with Crippen molar-refractivity contribution in [3.63, 3.8) is 0 Å². The molecule has 0 bridgehead atoms. The summed E-state index contributed by atoms with van der Waals surface area (Å²) < 4.78 is 6.04. The van der Waals surface area contributed by atoms with Gasteiger partial charge >= 0.3 is 5.97 Å². The molecule has 0 fully saturated rings. The Kier molecular flexibility index (Phi) is 7.34. The van der Waals surface area contributed by atoms with Gasteiger partial charge in [-0.2, -0.15) is 5.10 Å². The standard InChI is InChI=1S/C23H20BrN3O3/c1-16-5-4-6-18(13-16)25-15-22(28)27-26-14-17-9-11-19(12-10-17)30-23(29)20-7-2-3-8-21(20)24/h2-14,25H,15H2,1H3,(H,27,28). The van der Waals surface area contributed by atoms with E-state index in [4.69, 9.17) is 4.74 Å². The second-order valence-electron chi connectivity index (χ2n) is 6.45. The van der Waals surface area contributed by atoms with Gasteiger partial charge in [-0.25, -0.2) is 10.2 Å². The van der Waals surface area contributed by atoms with E-state index in [2.05, 4.69) is 31.8 Å². The highest BCUT2D eigenvalue weighted by molar-refractivity contribution is 9.10. The number of ether oxygens (including phenoxy) is 1. The first kappa shape index (κ1) is 21.3. The van der Waals surface area contributed by atoms with Crippen molar-refractivity contribution < 1.29 is 14.3 Å². The molecule has 0 saturated carbocycles. The summed E-state index contributed by atoms with van der Waals surface area (Å²) in [5, 5.41) is 6.98. The Bertz CT molecular complexity index is 1070. The number of halogens is 1. The summed E-state index contributed by atoms with van der Waals surface area (Å²) in [5.41, 5.74) is 5.66. The molecule has 0 unspecified atom stereocenters. The van der Waals surface area contributed by atoms with E-state index in [0.29, 0.717) is 15.8 Å². The molecule has 0 aliphatic carbocycles. The quantitative estimate of drug-likeness (QED) is 0.232. The van der Waals surface area contributed by atoms with E-state index in [9.17, 15) is 9.59 Å². The third-order valence-electron chi connectivity index (χ3n) is 4.06. The average Bonchev–Trinajstić information content (AvgIpc) is 2.74. The van der Waals surface area contributed by atoms with Crippen LogP contribution in [0.1, 0.15) is 21.5 Å². The fourth-order valence-electron chi connectivity index (χ4n) is 2.57. The Morgan fingerprint density at radius 3 is 2.53 bits per heavy atom. The van der Waals surface area contributed by atoms with Crippen molar-refractivity contribution in [2.75, 3.05) is 11.9 Å². The van der Waals surface area contributed by atoms with E-state index in [1.54, 1.807) is 42.5 Å². The van der Waals surface area contributed by atoms with Crippen LogP contribution in [-0.4, -0.2) is 24.6 Å². The molecule has 1 amide bonds. The molecule has 3 rings (SSSR count). The molecule has 0 atom stereocenters. The van der Waals surface area contributed by atoms with Gasteiger partial charge in [-0.1, -0.05) is 24.3 Å². The largest absolute Gasteiger partial charge is 0.423 e. The molecule has 0 radical (unpaired) electrons. The zero-order valence-corrected chi connectivity index (χ0v) is 17.8. The van der Waals surface area contributed by atoms with Gasteiger partial charge in [0.25, 0.3) is 5.91 Å². The van der Waals surface area contributed by atoms with Crippen LogP contribution >= 0.6 is 15.9 Å². The van der Waals surface area contributed by atoms with E-state index in [1.165, 1.54) is 6.21 Å². The summed E-state index contributed by atoms with van der Waals surface area (Å²) in [6.07, 6.45) is 1.52. The highest BCUT2D eigenvalue weighted by atomic mass is 79.9. The fourth-order valence-corrected chi connectivity index (χ4v) is 3.01. The van der Waals surface area contributed by atoms with Crippen molar-refractivity contribution in [3.8, 4) is 5.75 Å². The molecule has 0 spiro atoms. The molecular weight excluding hydrogens is 446 g/mol. The van der Waals surface area contributed by atoms with Crippen LogP contribution in [0.25, 0.3) is 0 Å². The van der Waals surface area contributed by atoms with Gasteiger partial charge < -0.3 is 10.1 Å². The lowest BCUT2D eigenvalue weighted by Crippen LogP contribution is -2.25. The number of hydrogen-bond acceptors (Lipinski definition) is 5. The summed E-state index contributed by atoms with van der Waals surface area (Å²) >= 11 is 3.33. The zero-order valence-electron chi connectivity index (χ0n) is 16.3. The zero-order chi connectivity index (χ0) is 21.3. The lowest BCUT2D eigenvalue weighted by atomic mass is 10.2. The van der Waals surface area contributed by atoms with E-state index >= 15 is 0 Å². The van der Waals surface area contributed by atoms with Gasteiger partial charge in [0.05, 0.1) is 18.3 Å². The predicted molar refractivity (Wildman–Crippen MR) is 121 cm³/mol. The number of anilines is 1. The van der Waals surface area contributed by atoms with E-state index in [1.807, 2.05) is 37.3 Å². The lowest BCUT2D eigenvalue weighted by Gasteiger charge is -2.06. The van der Waals surface area contributed by atoms with Gasteiger partial charge in [-0.15, -0.1) is 0 Å². The number of hydrazone groups is 1. The minimum atomic E-state index is -0.447. The summed E-state index contributed by atoms with van der Waals surface area (Å²) in [6, 6.07) is 21.6. The molecular formula is C23H20BrN3O3. The molecule has 2 N–H and O–H groups in total. The van der Waals surface area contributed by atoms with E-state index in [0.717, 1.165) is 16.8 Å². The lowest BCUT2D eigenvalue weighted by molar-refractivity contribution is -0.119. The van der Waals surface area contributed by atoms with Gasteiger partial charge in [0.1, 0.15) is 5.75 Å². The molecule has 0 aliphatic rings. The maximum absolute atomic E-state index is 12.2. The van der Waals surface area contributed by atoms with Gasteiger partial charge in [0.2, 0.25) is 0 Å². The Morgan fingerprint density at radius 2 is 1.80 bits per heavy atom. The number of rotatable bonds is 7. The third-order valence-corrected chi connectivity index (χ3v) is 4.75. The van der Waals surface area contributed by atoms with Crippen LogP contribution in [0.2, 0.25) is 0 Å². The average molecular weight is 466 g/mol. The molecule has 6 nitrogen and oxygen atoms in total. The molecule has 0 aromatic heterocycles. The Labute approximate surface area is 183 Å². The molecule has 3 aromatic carbocycles. The van der Waals surface area contributed by atoms with Crippen molar-refractivity contribution in [1.82, 2.24) is 5.43 Å². The van der Waals surface area contributed by atoms with Gasteiger partial charge in [-0.05, 0) is 82.5 Å². The van der Waals surface area contributed by atoms with Crippen molar-refractivity contribution >= 4 is 39.7 Å². The van der Waals surface area contributed by atoms with Crippen molar-refractivity contribution in [2.45, 2.75) is 6.92 Å². The molecule has 152 valence electrons. The van der Waals surface area contributed by atoms with Gasteiger partial charge in [0.15, 0.2) is 0 Å². The first-order valence-electron chi connectivity index (χ1n) is 9.20. The van der Waals surface area contributed by atoms with Crippen molar-refractivity contribution in [1.29, 1.82) is 0 Å². The number of benzene rings is 3. The Balaban J connectivity index is 1.48. The normalized spacial score (nSPS) is 10.6. The predicted octanol–water partition coefficient (Wildman–Crippen LogP) is 4.54. The molecule has 30 heavy (non-hydrogen) atoms.